The Morgan fingerprint density at radius 3 is 2.54 bits per heavy atom. The molecule has 11 nitrogen and oxygen atoms in total. The molecule has 4 aromatic heterocycles. The first-order valence-electron chi connectivity index (χ1n) is 10.9. The summed E-state index contributed by atoms with van der Waals surface area (Å²) in [5.74, 6) is -0.715. The molecule has 0 aliphatic carbocycles. The molecule has 15 heteroatoms. The Morgan fingerprint density at radius 2 is 1.89 bits per heavy atom. The summed E-state index contributed by atoms with van der Waals surface area (Å²) in [6, 6.07) is 1.32. The number of anilines is 1. The van der Waals surface area contributed by atoms with Gasteiger partial charge in [0.05, 0.1) is 12.9 Å². The molecule has 0 saturated carbocycles. The van der Waals surface area contributed by atoms with Crippen molar-refractivity contribution in [3.8, 4) is 10.6 Å². The van der Waals surface area contributed by atoms with E-state index in [4.69, 9.17) is 0 Å². The van der Waals surface area contributed by atoms with Crippen molar-refractivity contribution >= 4 is 40.0 Å². The van der Waals surface area contributed by atoms with Crippen LogP contribution in [0, 0.1) is 6.92 Å². The van der Waals surface area contributed by atoms with Crippen LogP contribution in [0.2, 0.25) is 0 Å². The maximum Gasteiger partial charge on any atom is 0.433 e. The van der Waals surface area contributed by atoms with Gasteiger partial charge in [-0.25, -0.2) is 14.8 Å². The number of halogens is 3. The first-order chi connectivity index (χ1) is 17.4. The van der Waals surface area contributed by atoms with E-state index in [0.29, 0.717) is 10.6 Å². The van der Waals surface area contributed by atoms with Crippen molar-refractivity contribution in [1.82, 2.24) is 28.7 Å². The van der Waals surface area contributed by atoms with E-state index in [2.05, 4.69) is 20.3 Å². The maximum absolute atomic E-state index is 13.0. The van der Waals surface area contributed by atoms with Gasteiger partial charge in [-0.3, -0.25) is 28.5 Å². The molecule has 0 unspecified atom stereocenters. The zero-order valence-corrected chi connectivity index (χ0v) is 20.6. The van der Waals surface area contributed by atoms with E-state index in [1.807, 2.05) is 0 Å². The van der Waals surface area contributed by atoms with Crippen molar-refractivity contribution in [3.05, 3.63) is 56.1 Å². The SMILES string of the molecule is CCC(=O)Cn1c(=O)c2c(ncn2CC(=O)Nc2csc(-c3cnc(C(F)(F)F)c(C)c3)n2)n(C)c1=O. The van der Waals surface area contributed by atoms with Crippen LogP contribution in [0.5, 0.6) is 0 Å². The predicted molar refractivity (Wildman–Crippen MR) is 128 cm³/mol. The van der Waals surface area contributed by atoms with Crippen LogP contribution in [-0.2, 0) is 35.9 Å². The van der Waals surface area contributed by atoms with Gasteiger partial charge in [-0.05, 0) is 18.6 Å². The Labute approximate surface area is 210 Å². The lowest BCUT2D eigenvalue weighted by Gasteiger charge is -2.09. The molecule has 0 aliphatic rings. The van der Waals surface area contributed by atoms with E-state index in [0.717, 1.165) is 26.7 Å². The number of Topliss-reactive ketones (excluding diaryl/α,β-unsaturated/α-hetero) is 1. The summed E-state index contributed by atoms with van der Waals surface area (Å²) in [5.41, 5.74) is -2.08. The van der Waals surface area contributed by atoms with Gasteiger partial charge in [-0.2, -0.15) is 13.2 Å². The van der Waals surface area contributed by atoms with Crippen LogP contribution in [0.3, 0.4) is 0 Å². The lowest BCUT2D eigenvalue weighted by molar-refractivity contribution is -0.141. The number of imidazole rings is 1. The number of nitrogens with zero attached hydrogens (tertiary/aromatic N) is 6. The molecular formula is C22H20F3N7O4S. The monoisotopic (exact) mass is 535 g/mol. The van der Waals surface area contributed by atoms with Gasteiger partial charge in [-0.15, -0.1) is 11.3 Å². The highest BCUT2D eigenvalue weighted by molar-refractivity contribution is 7.13. The lowest BCUT2D eigenvalue weighted by atomic mass is 10.1. The number of ketones is 1. The Morgan fingerprint density at radius 1 is 1.16 bits per heavy atom. The second-order valence-corrected chi connectivity index (χ2v) is 9.00. The number of hydrogen-bond acceptors (Lipinski definition) is 8. The molecular weight excluding hydrogens is 515 g/mol. The van der Waals surface area contributed by atoms with Gasteiger partial charge >= 0.3 is 11.9 Å². The van der Waals surface area contributed by atoms with Gasteiger partial charge in [0.25, 0.3) is 5.56 Å². The van der Waals surface area contributed by atoms with Gasteiger partial charge in [0.2, 0.25) is 5.91 Å². The third-order valence-electron chi connectivity index (χ3n) is 5.51. The molecule has 0 fully saturated rings. The van der Waals surface area contributed by atoms with Gasteiger partial charge in [0.15, 0.2) is 16.9 Å². The van der Waals surface area contributed by atoms with Crippen LogP contribution in [0.15, 0.2) is 33.6 Å². The minimum absolute atomic E-state index is 0.0218. The minimum atomic E-state index is -4.57. The fraction of sp³-hybridized carbons (Fsp3) is 0.318. The number of fused-ring (bicyclic) bond motifs is 1. The fourth-order valence-corrected chi connectivity index (χ4v) is 4.39. The standard InChI is InChI=1S/C22H20F3N7O4S/c1-4-13(33)7-32-20(35)16-18(30(3)21(32)36)27-10-31(16)8-15(34)28-14-9-37-19(29-14)12-5-11(2)17(26-6-12)22(23,24)25/h5-6,9-10H,4,7-8H2,1-3H3,(H,28,34). The molecule has 1 N–H and O–H groups in total. The molecule has 1 amide bonds. The lowest BCUT2D eigenvalue weighted by Crippen LogP contribution is -2.41. The third kappa shape index (κ3) is 5.07. The largest absolute Gasteiger partial charge is 0.433 e. The number of nitrogens with one attached hydrogen (secondary N) is 1. The highest BCUT2D eigenvalue weighted by Gasteiger charge is 2.34. The number of rotatable bonds is 7. The van der Waals surface area contributed by atoms with Crippen molar-refractivity contribution in [3.63, 3.8) is 0 Å². The van der Waals surface area contributed by atoms with E-state index in [-0.39, 0.29) is 41.3 Å². The zero-order valence-electron chi connectivity index (χ0n) is 19.8. The van der Waals surface area contributed by atoms with Crippen LogP contribution in [0.25, 0.3) is 21.7 Å². The number of alkyl halides is 3. The smallest absolute Gasteiger partial charge is 0.315 e. The number of hydrogen-bond donors (Lipinski definition) is 1. The molecule has 0 bridgehead atoms. The van der Waals surface area contributed by atoms with Crippen molar-refractivity contribution in [2.24, 2.45) is 7.05 Å². The van der Waals surface area contributed by atoms with Gasteiger partial charge in [0.1, 0.15) is 23.1 Å². The number of carbonyl (C=O) groups excluding carboxylic acids is 2. The Bertz CT molecular complexity index is 1650. The quantitative estimate of drug-likeness (QED) is 0.384. The summed E-state index contributed by atoms with van der Waals surface area (Å²) in [6.07, 6.45) is -2.12. The molecule has 4 heterocycles. The number of aromatic nitrogens is 6. The van der Waals surface area contributed by atoms with E-state index in [9.17, 15) is 32.3 Å². The van der Waals surface area contributed by atoms with Crippen LogP contribution in [0.1, 0.15) is 24.6 Å². The molecule has 0 atom stereocenters. The molecule has 4 aromatic rings. The normalized spacial score (nSPS) is 11.7. The summed E-state index contributed by atoms with van der Waals surface area (Å²) in [5, 5.41) is 4.43. The molecule has 0 radical (unpaired) electrons. The molecule has 37 heavy (non-hydrogen) atoms. The van der Waals surface area contributed by atoms with Gasteiger partial charge < -0.3 is 9.88 Å². The van der Waals surface area contributed by atoms with Crippen LogP contribution < -0.4 is 16.6 Å². The third-order valence-corrected chi connectivity index (χ3v) is 6.40. The Balaban J connectivity index is 1.56. The highest BCUT2D eigenvalue weighted by atomic mass is 32.1. The molecule has 0 aromatic carbocycles. The number of pyridine rings is 1. The summed E-state index contributed by atoms with van der Waals surface area (Å²) in [6.45, 7) is 2.17. The highest BCUT2D eigenvalue weighted by Crippen LogP contribution is 2.33. The first kappa shape index (κ1) is 25.9. The fourth-order valence-electron chi connectivity index (χ4n) is 3.66. The minimum Gasteiger partial charge on any atom is -0.315 e. The molecule has 0 saturated heterocycles. The van der Waals surface area contributed by atoms with Crippen molar-refractivity contribution < 1.29 is 22.8 Å². The van der Waals surface area contributed by atoms with E-state index in [1.165, 1.54) is 36.3 Å². The van der Waals surface area contributed by atoms with E-state index < -0.39 is 35.6 Å². The van der Waals surface area contributed by atoms with Crippen molar-refractivity contribution in [2.75, 3.05) is 5.32 Å². The van der Waals surface area contributed by atoms with Crippen molar-refractivity contribution in [2.45, 2.75) is 39.5 Å². The molecule has 0 aliphatic heterocycles. The number of amides is 1. The van der Waals surface area contributed by atoms with E-state index in [1.54, 1.807) is 6.92 Å². The van der Waals surface area contributed by atoms with Crippen LogP contribution >= 0.6 is 11.3 Å². The summed E-state index contributed by atoms with van der Waals surface area (Å²) in [7, 11) is 1.41. The van der Waals surface area contributed by atoms with Gasteiger partial charge in [0, 0.05) is 30.6 Å². The molecule has 194 valence electrons. The average molecular weight is 536 g/mol. The summed E-state index contributed by atoms with van der Waals surface area (Å²) >= 11 is 1.10. The first-order valence-corrected chi connectivity index (χ1v) is 11.7. The van der Waals surface area contributed by atoms with Crippen LogP contribution in [-0.4, -0.2) is 40.3 Å². The van der Waals surface area contributed by atoms with Crippen LogP contribution in [0.4, 0.5) is 19.0 Å². The second-order valence-electron chi connectivity index (χ2n) is 8.14. The second kappa shape index (κ2) is 9.72. The number of aryl methyl sites for hydroxylation is 2. The van der Waals surface area contributed by atoms with Crippen molar-refractivity contribution in [1.29, 1.82) is 0 Å². The summed E-state index contributed by atoms with van der Waals surface area (Å²) < 4.78 is 42.1. The molecule has 4 rings (SSSR count). The molecule has 0 spiro atoms. The Hall–Kier alpha value is -4.14. The summed E-state index contributed by atoms with van der Waals surface area (Å²) in [4.78, 5) is 61.8. The average Bonchev–Trinajstić information content (AvgIpc) is 3.46. The maximum atomic E-state index is 13.0. The predicted octanol–water partition coefficient (Wildman–Crippen LogP) is 2.36. The zero-order chi connectivity index (χ0) is 27.1. The number of carbonyl (C=O) groups is 2. The van der Waals surface area contributed by atoms with E-state index >= 15 is 0 Å². The number of thiazole rings is 1. The Kier molecular flexibility index (Phi) is 6.82. The van der Waals surface area contributed by atoms with Gasteiger partial charge in [-0.1, -0.05) is 6.92 Å². The topological polar surface area (TPSA) is 134 Å².